The molecule has 7 heteroatoms. The number of amides is 1. The average Bonchev–Trinajstić information content (AvgIpc) is 2.94. The lowest BCUT2D eigenvalue weighted by Crippen LogP contribution is -2.15. The van der Waals surface area contributed by atoms with Gasteiger partial charge in [-0.25, -0.2) is 0 Å². The number of aromatic nitrogens is 3. The van der Waals surface area contributed by atoms with Crippen LogP contribution in [0, 0.1) is 0 Å². The fourth-order valence-corrected chi connectivity index (χ4v) is 1.72. The van der Waals surface area contributed by atoms with E-state index in [4.69, 9.17) is 10.5 Å². The second-order valence-corrected chi connectivity index (χ2v) is 4.18. The maximum atomic E-state index is 11.9. The summed E-state index contributed by atoms with van der Waals surface area (Å²) < 4.78 is 6.77. The summed E-state index contributed by atoms with van der Waals surface area (Å²) in [5, 5.41) is 10.5. The third kappa shape index (κ3) is 3.55. The minimum absolute atomic E-state index is 0.112. The fraction of sp³-hybridized carbons (Fsp3) is 0.308. The number of nitrogens with two attached hydrogens (primary N) is 1. The van der Waals surface area contributed by atoms with E-state index in [-0.39, 0.29) is 5.91 Å². The molecule has 0 aliphatic rings. The van der Waals surface area contributed by atoms with E-state index < -0.39 is 0 Å². The van der Waals surface area contributed by atoms with E-state index in [0.717, 1.165) is 0 Å². The molecule has 0 spiro atoms. The summed E-state index contributed by atoms with van der Waals surface area (Å²) in [6, 6.07) is 7.26. The fourth-order valence-electron chi connectivity index (χ4n) is 1.72. The molecule has 1 amide bonds. The Morgan fingerprint density at radius 1 is 1.45 bits per heavy atom. The molecule has 0 saturated heterocycles. The molecule has 3 N–H and O–H groups in total. The Morgan fingerprint density at radius 3 is 2.95 bits per heavy atom. The van der Waals surface area contributed by atoms with Gasteiger partial charge in [0.05, 0.1) is 25.0 Å². The van der Waals surface area contributed by atoms with Crippen molar-refractivity contribution >= 4 is 11.6 Å². The number of nitrogens with one attached hydrogen (secondary N) is 1. The van der Waals surface area contributed by atoms with Crippen LogP contribution in [-0.2, 0) is 17.9 Å². The minimum Gasteiger partial charge on any atom is -0.495 e. The van der Waals surface area contributed by atoms with Crippen molar-refractivity contribution in [3.63, 3.8) is 0 Å². The molecule has 20 heavy (non-hydrogen) atoms. The van der Waals surface area contributed by atoms with Gasteiger partial charge in [0.2, 0.25) is 5.91 Å². The highest BCUT2D eigenvalue weighted by Gasteiger charge is 2.07. The molecule has 2 aromatic rings. The molecule has 1 heterocycles. The van der Waals surface area contributed by atoms with Crippen molar-refractivity contribution < 1.29 is 9.53 Å². The Kier molecular flexibility index (Phi) is 4.67. The highest BCUT2D eigenvalue weighted by atomic mass is 16.5. The normalized spacial score (nSPS) is 10.3. The molecular formula is C13H17N5O2. The van der Waals surface area contributed by atoms with Crippen molar-refractivity contribution in [3.8, 4) is 5.75 Å². The minimum atomic E-state index is -0.112. The number of para-hydroxylation sites is 2. The quantitative estimate of drug-likeness (QED) is 0.812. The summed E-state index contributed by atoms with van der Waals surface area (Å²) in [6.07, 6.45) is 2.03. The van der Waals surface area contributed by atoms with Crippen LogP contribution < -0.4 is 15.8 Å². The number of aryl methyl sites for hydroxylation is 1. The number of rotatable bonds is 6. The first kappa shape index (κ1) is 14.0. The van der Waals surface area contributed by atoms with Crippen LogP contribution in [0.1, 0.15) is 12.1 Å². The summed E-state index contributed by atoms with van der Waals surface area (Å²) in [7, 11) is 1.56. The molecule has 106 valence electrons. The molecule has 2 rings (SSSR count). The molecule has 0 atom stereocenters. The van der Waals surface area contributed by atoms with E-state index in [2.05, 4.69) is 15.6 Å². The number of methoxy groups -OCH3 is 1. The molecule has 0 unspecified atom stereocenters. The Morgan fingerprint density at radius 2 is 2.25 bits per heavy atom. The SMILES string of the molecule is COc1ccccc1NC(=O)CCn1cc(CN)nn1. The highest BCUT2D eigenvalue weighted by molar-refractivity contribution is 5.92. The van der Waals surface area contributed by atoms with Gasteiger partial charge in [0.15, 0.2) is 0 Å². The van der Waals surface area contributed by atoms with E-state index in [0.29, 0.717) is 36.6 Å². The number of hydrogen-bond donors (Lipinski definition) is 2. The van der Waals surface area contributed by atoms with Crippen molar-refractivity contribution in [3.05, 3.63) is 36.2 Å². The summed E-state index contributed by atoms with van der Waals surface area (Å²) in [4.78, 5) is 11.9. The smallest absolute Gasteiger partial charge is 0.226 e. The topological polar surface area (TPSA) is 95.1 Å². The van der Waals surface area contributed by atoms with Crippen molar-refractivity contribution in [2.45, 2.75) is 19.5 Å². The number of nitrogens with zero attached hydrogens (tertiary/aromatic N) is 3. The van der Waals surface area contributed by atoms with Crippen LogP contribution in [-0.4, -0.2) is 28.0 Å². The van der Waals surface area contributed by atoms with E-state index in [1.54, 1.807) is 30.1 Å². The Balaban J connectivity index is 1.89. The van der Waals surface area contributed by atoms with E-state index in [9.17, 15) is 4.79 Å². The average molecular weight is 275 g/mol. The van der Waals surface area contributed by atoms with Gasteiger partial charge in [0.25, 0.3) is 0 Å². The van der Waals surface area contributed by atoms with Gasteiger partial charge in [-0.1, -0.05) is 17.3 Å². The van der Waals surface area contributed by atoms with Gasteiger partial charge in [-0.05, 0) is 12.1 Å². The molecule has 0 aliphatic carbocycles. The van der Waals surface area contributed by atoms with Crippen LogP contribution in [0.15, 0.2) is 30.5 Å². The zero-order valence-electron chi connectivity index (χ0n) is 11.2. The van der Waals surface area contributed by atoms with Crippen molar-refractivity contribution in [2.24, 2.45) is 5.73 Å². The third-order valence-electron chi connectivity index (χ3n) is 2.74. The number of benzene rings is 1. The second-order valence-electron chi connectivity index (χ2n) is 4.18. The monoisotopic (exact) mass is 275 g/mol. The number of carbonyl (C=O) groups excluding carboxylic acids is 1. The van der Waals surface area contributed by atoms with Crippen molar-refractivity contribution in [2.75, 3.05) is 12.4 Å². The lowest BCUT2D eigenvalue weighted by Gasteiger charge is -2.09. The molecule has 0 fully saturated rings. The predicted molar refractivity (Wildman–Crippen MR) is 74.2 cm³/mol. The van der Waals surface area contributed by atoms with Crippen LogP contribution in [0.3, 0.4) is 0 Å². The first-order valence-corrected chi connectivity index (χ1v) is 6.25. The van der Waals surface area contributed by atoms with E-state index in [1.165, 1.54) is 0 Å². The Bertz CT molecular complexity index is 582. The lowest BCUT2D eigenvalue weighted by atomic mass is 10.3. The molecule has 0 saturated carbocycles. The zero-order valence-corrected chi connectivity index (χ0v) is 11.2. The highest BCUT2D eigenvalue weighted by Crippen LogP contribution is 2.22. The largest absolute Gasteiger partial charge is 0.495 e. The number of hydrogen-bond acceptors (Lipinski definition) is 5. The molecule has 7 nitrogen and oxygen atoms in total. The van der Waals surface area contributed by atoms with E-state index in [1.807, 2.05) is 12.1 Å². The van der Waals surface area contributed by atoms with Gasteiger partial charge in [-0.15, -0.1) is 5.10 Å². The first-order valence-electron chi connectivity index (χ1n) is 6.25. The van der Waals surface area contributed by atoms with E-state index >= 15 is 0 Å². The third-order valence-corrected chi connectivity index (χ3v) is 2.74. The molecule has 0 radical (unpaired) electrons. The standard InChI is InChI=1S/C13H17N5O2/c1-20-12-5-3-2-4-11(12)15-13(19)6-7-18-9-10(8-14)16-17-18/h2-5,9H,6-8,14H2,1H3,(H,15,19). The molecule has 0 bridgehead atoms. The van der Waals surface area contributed by atoms with Crippen LogP contribution >= 0.6 is 0 Å². The van der Waals surface area contributed by atoms with Crippen molar-refractivity contribution in [1.82, 2.24) is 15.0 Å². The maximum absolute atomic E-state index is 11.9. The molecular weight excluding hydrogens is 258 g/mol. The van der Waals surface area contributed by atoms with Gasteiger partial charge < -0.3 is 15.8 Å². The maximum Gasteiger partial charge on any atom is 0.226 e. The van der Waals surface area contributed by atoms with Crippen molar-refractivity contribution in [1.29, 1.82) is 0 Å². The zero-order chi connectivity index (χ0) is 14.4. The van der Waals surface area contributed by atoms with Crippen LogP contribution in [0.25, 0.3) is 0 Å². The Labute approximate surface area is 116 Å². The molecule has 1 aromatic carbocycles. The number of anilines is 1. The van der Waals surface area contributed by atoms with Gasteiger partial charge >= 0.3 is 0 Å². The number of carbonyl (C=O) groups is 1. The van der Waals surface area contributed by atoms with Gasteiger partial charge in [-0.2, -0.15) is 0 Å². The second kappa shape index (κ2) is 6.67. The molecule has 1 aromatic heterocycles. The summed E-state index contributed by atoms with van der Waals surface area (Å²) in [5.41, 5.74) is 6.80. The Hall–Kier alpha value is -2.41. The predicted octanol–water partition coefficient (Wildman–Crippen LogP) is 0.774. The lowest BCUT2D eigenvalue weighted by molar-refractivity contribution is -0.116. The molecule has 0 aliphatic heterocycles. The summed E-state index contributed by atoms with van der Waals surface area (Å²) in [5.74, 6) is 0.520. The van der Waals surface area contributed by atoms with Gasteiger partial charge in [-0.3, -0.25) is 9.48 Å². The first-order chi connectivity index (χ1) is 9.72. The van der Waals surface area contributed by atoms with Gasteiger partial charge in [0, 0.05) is 19.2 Å². The summed E-state index contributed by atoms with van der Waals surface area (Å²) >= 11 is 0. The summed E-state index contributed by atoms with van der Waals surface area (Å²) in [6.45, 7) is 0.793. The van der Waals surface area contributed by atoms with Gasteiger partial charge in [0.1, 0.15) is 5.75 Å². The van der Waals surface area contributed by atoms with Crippen LogP contribution in [0.5, 0.6) is 5.75 Å². The number of ether oxygens (including phenoxy) is 1. The van der Waals surface area contributed by atoms with Crippen LogP contribution in [0.2, 0.25) is 0 Å². The van der Waals surface area contributed by atoms with Crippen LogP contribution in [0.4, 0.5) is 5.69 Å².